The SMILES string of the molecule is N#Cc1cc(Br)cc2cc3n(c12)C(O)CCC3. The van der Waals surface area contributed by atoms with Crippen molar-refractivity contribution in [2.45, 2.75) is 25.5 Å². The summed E-state index contributed by atoms with van der Waals surface area (Å²) in [7, 11) is 0. The van der Waals surface area contributed by atoms with Crippen LogP contribution in [0.4, 0.5) is 0 Å². The van der Waals surface area contributed by atoms with Crippen molar-refractivity contribution in [3.8, 4) is 6.07 Å². The number of aromatic nitrogens is 1. The van der Waals surface area contributed by atoms with Gasteiger partial charge in [-0.2, -0.15) is 5.26 Å². The van der Waals surface area contributed by atoms with Crippen LogP contribution >= 0.6 is 15.9 Å². The van der Waals surface area contributed by atoms with Crippen LogP contribution in [0.3, 0.4) is 0 Å². The fourth-order valence-electron chi connectivity index (χ4n) is 2.60. The van der Waals surface area contributed by atoms with Gasteiger partial charge in [-0.15, -0.1) is 0 Å². The molecule has 2 heterocycles. The molecule has 0 spiro atoms. The summed E-state index contributed by atoms with van der Waals surface area (Å²) < 4.78 is 2.81. The molecular formula is C13H11BrN2O. The van der Waals surface area contributed by atoms with Gasteiger partial charge in [-0.1, -0.05) is 15.9 Å². The van der Waals surface area contributed by atoms with Gasteiger partial charge >= 0.3 is 0 Å². The van der Waals surface area contributed by atoms with E-state index in [1.165, 1.54) is 0 Å². The fraction of sp³-hybridized carbons (Fsp3) is 0.308. The van der Waals surface area contributed by atoms with Gasteiger partial charge in [0.2, 0.25) is 0 Å². The predicted octanol–water partition coefficient (Wildman–Crippen LogP) is 3.10. The van der Waals surface area contributed by atoms with Crippen LogP contribution in [0, 0.1) is 11.3 Å². The average Bonchev–Trinajstić information content (AvgIpc) is 2.67. The summed E-state index contributed by atoms with van der Waals surface area (Å²) >= 11 is 3.41. The Morgan fingerprint density at radius 3 is 3.00 bits per heavy atom. The second-order valence-corrected chi connectivity index (χ2v) is 5.30. The molecule has 1 unspecified atom stereocenters. The van der Waals surface area contributed by atoms with E-state index < -0.39 is 6.23 Å². The zero-order valence-corrected chi connectivity index (χ0v) is 10.7. The van der Waals surface area contributed by atoms with Crippen LogP contribution in [0.5, 0.6) is 0 Å². The van der Waals surface area contributed by atoms with E-state index in [-0.39, 0.29) is 0 Å². The van der Waals surface area contributed by atoms with Crippen LogP contribution in [0.2, 0.25) is 0 Å². The molecule has 3 rings (SSSR count). The van der Waals surface area contributed by atoms with Crippen molar-refractivity contribution in [1.82, 2.24) is 4.57 Å². The number of benzene rings is 1. The molecule has 1 atom stereocenters. The standard InChI is InChI=1S/C13H11BrN2O/c14-10-4-8-6-11-2-1-3-12(17)16(11)13(8)9(5-10)7-15/h4-6,12,17H,1-3H2. The van der Waals surface area contributed by atoms with E-state index in [1.807, 2.05) is 10.6 Å². The molecule has 1 aromatic carbocycles. The van der Waals surface area contributed by atoms with Gasteiger partial charge in [-0.25, -0.2) is 0 Å². The number of aliphatic hydroxyl groups is 1. The van der Waals surface area contributed by atoms with Crippen LogP contribution < -0.4 is 0 Å². The van der Waals surface area contributed by atoms with Gasteiger partial charge < -0.3 is 9.67 Å². The van der Waals surface area contributed by atoms with Crippen molar-refractivity contribution < 1.29 is 5.11 Å². The minimum atomic E-state index is -0.496. The average molecular weight is 291 g/mol. The molecule has 0 aliphatic carbocycles. The Morgan fingerprint density at radius 1 is 1.41 bits per heavy atom. The second-order valence-electron chi connectivity index (χ2n) is 4.38. The molecule has 0 radical (unpaired) electrons. The number of rotatable bonds is 0. The fourth-order valence-corrected chi connectivity index (χ4v) is 3.08. The maximum atomic E-state index is 10.1. The Bertz CT molecular complexity index is 639. The van der Waals surface area contributed by atoms with Crippen LogP contribution in [0.15, 0.2) is 22.7 Å². The summed E-state index contributed by atoms with van der Waals surface area (Å²) in [4.78, 5) is 0. The Kier molecular flexibility index (Phi) is 2.46. The quantitative estimate of drug-likeness (QED) is 0.810. The van der Waals surface area contributed by atoms with Crippen molar-refractivity contribution in [2.24, 2.45) is 0 Å². The van der Waals surface area contributed by atoms with Crippen molar-refractivity contribution in [3.63, 3.8) is 0 Å². The van der Waals surface area contributed by atoms with Crippen molar-refractivity contribution in [1.29, 1.82) is 5.26 Å². The van der Waals surface area contributed by atoms with Crippen molar-refractivity contribution >= 4 is 26.8 Å². The molecule has 2 aromatic rings. The number of halogens is 1. The van der Waals surface area contributed by atoms with Crippen LogP contribution in [-0.4, -0.2) is 9.67 Å². The topological polar surface area (TPSA) is 49.0 Å². The molecule has 86 valence electrons. The summed E-state index contributed by atoms with van der Waals surface area (Å²) in [6.45, 7) is 0. The Morgan fingerprint density at radius 2 is 2.24 bits per heavy atom. The number of hydrogen-bond acceptors (Lipinski definition) is 2. The summed E-state index contributed by atoms with van der Waals surface area (Å²) in [5.41, 5.74) is 2.59. The summed E-state index contributed by atoms with van der Waals surface area (Å²) in [5.74, 6) is 0. The molecule has 1 N–H and O–H groups in total. The first-order chi connectivity index (χ1) is 8.20. The lowest BCUT2D eigenvalue weighted by Crippen LogP contribution is -2.16. The van der Waals surface area contributed by atoms with Gasteiger partial charge in [0.1, 0.15) is 12.3 Å². The highest BCUT2D eigenvalue weighted by molar-refractivity contribution is 9.10. The first-order valence-corrected chi connectivity index (χ1v) is 6.41. The zero-order valence-electron chi connectivity index (χ0n) is 9.15. The van der Waals surface area contributed by atoms with Gasteiger partial charge in [0.15, 0.2) is 0 Å². The van der Waals surface area contributed by atoms with E-state index in [0.717, 1.165) is 40.3 Å². The highest BCUT2D eigenvalue weighted by atomic mass is 79.9. The van der Waals surface area contributed by atoms with E-state index in [4.69, 9.17) is 0 Å². The molecule has 0 fully saturated rings. The highest BCUT2D eigenvalue weighted by Crippen LogP contribution is 2.34. The van der Waals surface area contributed by atoms with Gasteiger partial charge in [0.25, 0.3) is 0 Å². The van der Waals surface area contributed by atoms with Crippen molar-refractivity contribution in [3.05, 3.63) is 33.9 Å². The number of aliphatic hydroxyl groups excluding tert-OH is 1. The first-order valence-electron chi connectivity index (χ1n) is 5.62. The highest BCUT2D eigenvalue weighted by Gasteiger charge is 2.21. The molecule has 0 amide bonds. The van der Waals surface area contributed by atoms with Gasteiger partial charge in [-0.3, -0.25) is 0 Å². The van der Waals surface area contributed by atoms with Gasteiger partial charge in [0, 0.05) is 15.6 Å². The lowest BCUT2D eigenvalue weighted by Gasteiger charge is -2.22. The number of fused-ring (bicyclic) bond motifs is 3. The lowest BCUT2D eigenvalue weighted by atomic mass is 10.1. The van der Waals surface area contributed by atoms with E-state index in [2.05, 4.69) is 28.1 Å². The molecule has 1 aromatic heterocycles. The predicted molar refractivity (Wildman–Crippen MR) is 68.5 cm³/mol. The van der Waals surface area contributed by atoms with E-state index in [9.17, 15) is 10.4 Å². The second kappa shape index (κ2) is 3.86. The number of hydrogen-bond donors (Lipinski definition) is 1. The zero-order chi connectivity index (χ0) is 12.0. The molecule has 3 nitrogen and oxygen atoms in total. The van der Waals surface area contributed by atoms with Crippen LogP contribution in [0.25, 0.3) is 10.9 Å². The normalized spacial score (nSPS) is 19.0. The molecule has 0 bridgehead atoms. The smallest absolute Gasteiger partial charge is 0.131 e. The Hall–Kier alpha value is -1.31. The largest absolute Gasteiger partial charge is 0.373 e. The number of nitrogens with zero attached hydrogens (tertiary/aromatic N) is 2. The molecule has 1 aliphatic rings. The maximum absolute atomic E-state index is 10.1. The molecule has 0 saturated carbocycles. The van der Waals surface area contributed by atoms with Crippen molar-refractivity contribution in [2.75, 3.05) is 0 Å². The van der Waals surface area contributed by atoms with Gasteiger partial charge in [-0.05, 0) is 37.5 Å². The van der Waals surface area contributed by atoms with E-state index >= 15 is 0 Å². The Balaban J connectivity index is 2.41. The molecular weight excluding hydrogens is 280 g/mol. The monoisotopic (exact) mass is 290 g/mol. The van der Waals surface area contributed by atoms with Crippen LogP contribution in [0.1, 0.15) is 30.3 Å². The molecule has 4 heteroatoms. The van der Waals surface area contributed by atoms with Crippen LogP contribution in [-0.2, 0) is 6.42 Å². The first kappa shape index (κ1) is 10.8. The Labute approximate surface area is 107 Å². The summed E-state index contributed by atoms with van der Waals surface area (Å²) in [5, 5.41) is 20.3. The summed E-state index contributed by atoms with van der Waals surface area (Å²) in [6, 6.07) is 8.08. The minimum Gasteiger partial charge on any atom is -0.373 e. The molecule has 17 heavy (non-hydrogen) atoms. The minimum absolute atomic E-state index is 0.496. The molecule has 0 saturated heterocycles. The number of aryl methyl sites for hydroxylation is 1. The lowest BCUT2D eigenvalue weighted by molar-refractivity contribution is 0.0836. The number of nitriles is 1. The summed E-state index contributed by atoms with van der Waals surface area (Å²) in [6.07, 6.45) is 2.23. The third-order valence-electron chi connectivity index (χ3n) is 3.29. The molecule has 1 aliphatic heterocycles. The van der Waals surface area contributed by atoms with E-state index in [1.54, 1.807) is 6.07 Å². The third kappa shape index (κ3) is 1.58. The van der Waals surface area contributed by atoms with E-state index in [0.29, 0.717) is 5.56 Å². The van der Waals surface area contributed by atoms with Gasteiger partial charge in [0.05, 0.1) is 11.1 Å². The maximum Gasteiger partial charge on any atom is 0.131 e. The third-order valence-corrected chi connectivity index (χ3v) is 3.75.